The van der Waals surface area contributed by atoms with Crippen LogP contribution in [0, 0.1) is 5.41 Å². The van der Waals surface area contributed by atoms with Crippen LogP contribution < -0.4 is 16.3 Å². The number of fused-ring (bicyclic) bond motifs is 2. The molecule has 0 aliphatic carbocycles. The number of hydrogen-bond acceptors (Lipinski definition) is 5. The number of para-hydroxylation sites is 1. The summed E-state index contributed by atoms with van der Waals surface area (Å²) in [5.41, 5.74) is 4.56. The molecular weight excluding hydrogens is 338 g/mol. The number of urea groups is 1. The molecule has 3 heterocycles. The first kappa shape index (κ1) is 16.0. The van der Waals surface area contributed by atoms with Crippen molar-refractivity contribution in [2.75, 3.05) is 14.1 Å². The van der Waals surface area contributed by atoms with E-state index in [1.54, 1.807) is 24.3 Å². The molecule has 1 spiro atoms. The normalized spacial score (nSPS) is 19.2. The third kappa shape index (κ3) is 1.76. The number of imide groups is 2. The Kier molecular flexibility index (Phi) is 3.08. The Balaban J connectivity index is 1.98. The lowest BCUT2D eigenvalue weighted by atomic mass is 9.75. The van der Waals surface area contributed by atoms with Gasteiger partial charge in [-0.05, 0) is 12.1 Å². The van der Waals surface area contributed by atoms with Crippen molar-refractivity contribution in [2.45, 2.75) is 6.42 Å². The van der Waals surface area contributed by atoms with Gasteiger partial charge in [-0.15, -0.1) is 0 Å². The zero-order valence-corrected chi connectivity index (χ0v) is 14.1. The smallest absolute Gasteiger partial charge is 0.349 e. The Morgan fingerprint density at radius 1 is 1.04 bits per heavy atom. The Labute approximate surface area is 147 Å². The molecule has 0 saturated carbocycles. The zero-order valence-electron chi connectivity index (χ0n) is 14.1. The van der Waals surface area contributed by atoms with Gasteiger partial charge in [0, 0.05) is 14.1 Å². The van der Waals surface area contributed by atoms with Crippen LogP contribution in [0.5, 0.6) is 0 Å². The number of H-pyrrole nitrogens is 1. The monoisotopic (exact) mass is 354 g/mol. The molecule has 0 unspecified atom stereocenters. The van der Waals surface area contributed by atoms with E-state index in [1.165, 1.54) is 24.9 Å². The number of rotatable bonds is 0. The highest BCUT2D eigenvalue weighted by Gasteiger charge is 2.60. The minimum Gasteiger partial charge on any atom is -0.398 e. The SMILES string of the molecule is CN1C(=O)N(C)C(=O)C2(Cc3[nH+]c4ccccc4c(=O)n3C=C2N)C1=O. The number of benzene rings is 1. The molecular formula is C17H16N5O4+. The Bertz CT molecular complexity index is 1080. The molecule has 4 rings (SSSR count). The number of barbiturate groups is 1. The average Bonchev–Trinajstić information content (AvgIpc) is 2.64. The molecule has 0 radical (unpaired) electrons. The van der Waals surface area contributed by atoms with Crippen LogP contribution in [0.15, 0.2) is 34.8 Å². The van der Waals surface area contributed by atoms with Gasteiger partial charge in [0.2, 0.25) is 0 Å². The average molecular weight is 354 g/mol. The first-order valence-electron chi connectivity index (χ1n) is 7.92. The number of nitrogens with two attached hydrogens (primary N) is 1. The van der Waals surface area contributed by atoms with Gasteiger partial charge in [-0.3, -0.25) is 19.4 Å². The number of carbonyl (C=O) groups excluding carboxylic acids is 3. The van der Waals surface area contributed by atoms with E-state index in [4.69, 9.17) is 5.73 Å². The van der Waals surface area contributed by atoms with Crippen LogP contribution in [0.3, 0.4) is 0 Å². The number of nitrogens with zero attached hydrogens (tertiary/aromatic N) is 3. The lowest BCUT2D eigenvalue weighted by molar-refractivity contribution is -0.367. The van der Waals surface area contributed by atoms with Gasteiger partial charge in [0.15, 0.2) is 5.41 Å². The van der Waals surface area contributed by atoms with E-state index in [9.17, 15) is 19.2 Å². The highest BCUT2D eigenvalue weighted by molar-refractivity contribution is 6.21. The van der Waals surface area contributed by atoms with Gasteiger partial charge in [-0.2, -0.15) is 4.57 Å². The van der Waals surface area contributed by atoms with E-state index < -0.39 is 23.3 Å². The summed E-state index contributed by atoms with van der Waals surface area (Å²) in [6.07, 6.45) is 1.15. The van der Waals surface area contributed by atoms with E-state index in [0.717, 1.165) is 9.80 Å². The highest BCUT2D eigenvalue weighted by atomic mass is 16.2. The molecule has 1 fully saturated rings. The van der Waals surface area contributed by atoms with E-state index in [0.29, 0.717) is 16.7 Å². The summed E-state index contributed by atoms with van der Waals surface area (Å²) in [6, 6.07) is 6.20. The van der Waals surface area contributed by atoms with Crippen LogP contribution in [0.4, 0.5) is 4.79 Å². The number of amides is 4. The zero-order chi connectivity index (χ0) is 18.8. The molecule has 2 aromatic rings. The highest BCUT2D eigenvalue weighted by Crippen LogP contribution is 2.38. The van der Waals surface area contributed by atoms with Crippen molar-refractivity contribution in [1.29, 1.82) is 0 Å². The number of hydrogen-bond donors (Lipinski definition) is 1. The molecule has 0 atom stereocenters. The molecule has 9 heteroatoms. The van der Waals surface area contributed by atoms with Crippen molar-refractivity contribution in [1.82, 2.24) is 14.4 Å². The summed E-state index contributed by atoms with van der Waals surface area (Å²) in [6.45, 7) is 0. The molecule has 2 aliphatic rings. The van der Waals surface area contributed by atoms with Crippen LogP contribution >= 0.6 is 0 Å². The summed E-state index contributed by atoms with van der Waals surface area (Å²) in [7, 11) is 2.60. The second-order valence-corrected chi connectivity index (χ2v) is 6.47. The fraction of sp³-hybridized carbons (Fsp3) is 0.235. The number of carbonyl (C=O) groups is 3. The minimum absolute atomic E-state index is 0.0722. The van der Waals surface area contributed by atoms with E-state index in [1.807, 2.05) is 0 Å². The summed E-state index contributed by atoms with van der Waals surface area (Å²) in [5, 5.41) is 0.460. The lowest BCUT2D eigenvalue weighted by Crippen LogP contribution is -2.66. The maximum Gasteiger partial charge on any atom is 0.349 e. The molecule has 1 aromatic heterocycles. The molecule has 4 amide bonds. The third-order valence-electron chi connectivity index (χ3n) is 5.05. The first-order valence-corrected chi connectivity index (χ1v) is 7.92. The number of aromatic amines is 1. The summed E-state index contributed by atoms with van der Waals surface area (Å²) in [5.74, 6) is -1.06. The predicted octanol–water partition coefficient (Wildman–Crippen LogP) is -0.834. The van der Waals surface area contributed by atoms with Crippen molar-refractivity contribution in [3.8, 4) is 0 Å². The van der Waals surface area contributed by atoms with Crippen LogP contribution in [0.2, 0.25) is 0 Å². The molecule has 1 aromatic carbocycles. The second kappa shape index (κ2) is 5.01. The second-order valence-electron chi connectivity index (χ2n) is 6.47. The molecule has 26 heavy (non-hydrogen) atoms. The Morgan fingerprint density at radius 2 is 1.65 bits per heavy atom. The Morgan fingerprint density at radius 3 is 2.31 bits per heavy atom. The largest absolute Gasteiger partial charge is 0.398 e. The van der Waals surface area contributed by atoms with Gasteiger partial charge in [0.25, 0.3) is 17.6 Å². The topological polar surface area (TPSA) is 120 Å². The van der Waals surface area contributed by atoms with Gasteiger partial charge < -0.3 is 5.73 Å². The number of nitrogens with one attached hydrogen (secondary N) is 1. The molecule has 1 saturated heterocycles. The van der Waals surface area contributed by atoms with Gasteiger partial charge >= 0.3 is 11.6 Å². The van der Waals surface area contributed by atoms with Gasteiger partial charge in [0.1, 0.15) is 17.1 Å². The molecule has 0 bridgehead atoms. The molecule has 132 valence electrons. The third-order valence-corrected chi connectivity index (χ3v) is 5.05. The van der Waals surface area contributed by atoms with Crippen molar-refractivity contribution in [2.24, 2.45) is 11.1 Å². The quantitative estimate of drug-likeness (QED) is 0.619. The maximum atomic E-state index is 12.9. The molecule has 2 aliphatic heterocycles. The maximum absolute atomic E-state index is 12.9. The van der Waals surface area contributed by atoms with E-state index in [-0.39, 0.29) is 17.7 Å². The summed E-state index contributed by atoms with van der Waals surface area (Å²) < 4.78 is 1.31. The van der Waals surface area contributed by atoms with E-state index in [2.05, 4.69) is 4.98 Å². The predicted molar refractivity (Wildman–Crippen MR) is 90.3 cm³/mol. The van der Waals surface area contributed by atoms with Crippen LogP contribution in [0.25, 0.3) is 17.1 Å². The molecule has 9 nitrogen and oxygen atoms in total. The lowest BCUT2D eigenvalue weighted by Gasteiger charge is -2.41. The number of aromatic nitrogens is 2. The fourth-order valence-corrected chi connectivity index (χ4v) is 3.58. The van der Waals surface area contributed by atoms with Crippen LogP contribution in [-0.4, -0.2) is 46.3 Å². The van der Waals surface area contributed by atoms with Crippen LogP contribution in [-0.2, 0) is 16.0 Å². The first-order chi connectivity index (χ1) is 12.3. The summed E-state index contributed by atoms with van der Waals surface area (Å²) in [4.78, 5) is 55.4. The van der Waals surface area contributed by atoms with Crippen molar-refractivity contribution < 1.29 is 19.4 Å². The van der Waals surface area contributed by atoms with Crippen molar-refractivity contribution in [3.63, 3.8) is 0 Å². The van der Waals surface area contributed by atoms with Crippen LogP contribution in [0.1, 0.15) is 5.82 Å². The standard InChI is InChI=1S/C17H15N5O4/c1-20-14(24)17(15(25)21(2)16(20)26)7-12-19-10-6-4-3-5-9(10)13(23)22(12)8-11(17)18/h3-6,8H,7,18H2,1-2H3/p+1. The van der Waals surface area contributed by atoms with E-state index >= 15 is 0 Å². The Hall–Kier alpha value is -3.49. The molecule has 3 N–H and O–H groups in total. The minimum atomic E-state index is -1.75. The van der Waals surface area contributed by atoms with Gasteiger partial charge in [0.05, 0.1) is 12.1 Å². The van der Waals surface area contributed by atoms with Crippen molar-refractivity contribution >= 4 is 34.9 Å². The van der Waals surface area contributed by atoms with Gasteiger partial charge in [-0.25, -0.2) is 14.6 Å². The van der Waals surface area contributed by atoms with Crippen molar-refractivity contribution in [3.05, 3.63) is 46.1 Å². The van der Waals surface area contributed by atoms with Gasteiger partial charge in [-0.1, -0.05) is 12.1 Å². The summed E-state index contributed by atoms with van der Waals surface area (Å²) >= 11 is 0. The fourth-order valence-electron chi connectivity index (χ4n) is 3.58.